The van der Waals surface area contributed by atoms with Gasteiger partial charge in [-0.15, -0.1) is 0 Å². The Hall–Kier alpha value is -2.54. The molecular formula is C22H17Cl2N3O2S. The lowest BCUT2D eigenvalue weighted by Gasteiger charge is -2.07. The predicted octanol–water partition coefficient (Wildman–Crippen LogP) is 6.17. The second kappa shape index (κ2) is 9.08. The van der Waals surface area contributed by atoms with Gasteiger partial charge in [0.15, 0.2) is 5.65 Å². The van der Waals surface area contributed by atoms with Crippen LogP contribution >= 0.6 is 35.0 Å². The number of halogens is 2. The minimum atomic E-state index is -0.475. The van der Waals surface area contributed by atoms with E-state index in [4.69, 9.17) is 27.9 Å². The van der Waals surface area contributed by atoms with E-state index < -0.39 is 5.97 Å². The van der Waals surface area contributed by atoms with Crippen LogP contribution in [0.15, 0.2) is 65.8 Å². The van der Waals surface area contributed by atoms with E-state index in [-0.39, 0.29) is 6.61 Å². The monoisotopic (exact) mass is 457 g/mol. The Bertz CT molecular complexity index is 1210. The van der Waals surface area contributed by atoms with Gasteiger partial charge in [0, 0.05) is 28.1 Å². The molecule has 0 unspecified atom stereocenters. The van der Waals surface area contributed by atoms with Gasteiger partial charge >= 0.3 is 5.97 Å². The zero-order chi connectivity index (χ0) is 21.1. The fraction of sp³-hybridized carbons (Fsp3) is 0.136. The predicted molar refractivity (Wildman–Crippen MR) is 120 cm³/mol. The van der Waals surface area contributed by atoms with Gasteiger partial charge in [0.1, 0.15) is 15.7 Å². The molecule has 0 N–H and O–H groups in total. The zero-order valence-corrected chi connectivity index (χ0v) is 18.3. The number of aromatic nitrogens is 3. The fourth-order valence-electron chi connectivity index (χ4n) is 3.01. The van der Waals surface area contributed by atoms with Crippen LogP contribution in [0.1, 0.15) is 22.8 Å². The Balaban J connectivity index is 1.81. The van der Waals surface area contributed by atoms with Gasteiger partial charge < -0.3 is 4.74 Å². The summed E-state index contributed by atoms with van der Waals surface area (Å²) in [5.74, 6) is 0.170. The van der Waals surface area contributed by atoms with Crippen molar-refractivity contribution < 1.29 is 9.53 Å². The van der Waals surface area contributed by atoms with Gasteiger partial charge in [-0.1, -0.05) is 83.5 Å². The van der Waals surface area contributed by atoms with Gasteiger partial charge in [-0.05, 0) is 18.6 Å². The Morgan fingerprint density at radius 3 is 2.53 bits per heavy atom. The number of esters is 1. The SMILES string of the molecule is CCOC(=O)c1c(SCc2ccccc2)nn2c(Cl)c(-c3ccccc3Cl)cnc12. The Labute approximate surface area is 188 Å². The van der Waals surface area contributed by atoms with Gasteiger partial charge in [-0.25, -0.2) is 14.3 Å². The molecule has 2 heterocycles. The first kappa shape index (κ1) is 20.7. The summed E-state index contributed by atoms with van der Waals surface area (Å²) in [6.07, 6.45) is 1.61. The summed E-state index contributed by atoms with van der Waals surface area (Å²) in [6.45, 7) is 2.01. The third kappa shape index (κ3) is 4.03. The van der Waals surface area contributed by atoms with E-state index in [2.05, 4.69) is 10.1 Å². The maximum Gasteiger partial charge on any atom is 0.344 e. The first-order valence-electron chi connectivity index (χ1n) is 9.26. The van der Waals surface area contributed by atoms with Gasteiger partial charge in [0.25, 0.3) is 0 Å². The summed E-state index contributed by atoms with van der Waals surface area (Å²) in [5, 5.41) is 5.98. The smallest absolute Gasteiger partial charge is 0.344 e. The molecule has 2 aromatic heterocycles. The largest absolute Gasteiger partial charge is 0.462 e. The summed E-state index contributed by atoms with van der Waals surface area (Å²) < 4.78 is 6.72. The number of rotatable bonds is 6. The highest BCUT2D eigenvalue weighted by Gasteiger charge is 2.25. The van der Waals surface area contributed by atoms with E-state index in [1.807, 2.05) is 48.5 Å². The number of hydrogen-bond donors (Lipinski definition) is 0. The van der Waals surface area contributed by atoms with Gasteiger partial charge in [-0.2, -0.15) is 5.10 Å². The van der Waals surface area contributed by atoms with Crippen molar-refractivity contribution in [2.45, 2.75) is 17.7 Å². The summed E-state index contributed by atoms with van der Waals surface area (Å²) >= 11 is 14.4. The molecule has 0 saturated carbocycles. The zero-order valence-electron chi connectivity index (χ0n) is 16.0. The number of carbonyl (C=O) groups excluding carboxylic acids is 1. The van der Waals surface area contributed by atoms with Crippen molar-refractivity contribution in [3.8, 4) is 11.1 Å². The topological polar surface area (TPSA) is 56.5 Å². The van der Waals surface area contributed by atoms with Crippen molar-refractivity contribution in [3.63, 3.8) is 0 Å². The summed E-state index contributed by atoms with van der Waals surface area (Å²) in [4.78, 5) is 17.2. The van der Waals surface area contributed by atoms with Crippen LogP contribution in [-0.2, 0) is 10.5 Å². The number of hydrogen-bond acceptors (Lipinski definition) is 5. The van der Waals surface area contributed by atoms with Crippen molar-refractivity contribution in [2.75, 3.05) is 6.61 Å². The summed E-state index contributed by atoms with van der Waals surface area (Å²) in [7, 11) is 0. The van der Waals surface area contributed by atoms with Crippen molar-refractivity contribution in [2.24, 2.45) is 0 Å². The molecule has 0 aliphatic heterocycles. The highest BCUT2D eigenvalue weighted by atomic mass is 35.5. The van der Waals surface area contributed by atoms with Crippen LogP contribution < -0.4 is 0 Å². The second-order valence-electron chi connectivity index (χ2n) is 6.35. The average Bonchev–Trinajstić information content (AvgIpc) is 3.14. The van der Waals surface area contributed by atoms with Crippen LogP contribution in [0.2, 0.25) is 10.2 Å². The van der Waals surface area contributed by atoms with E-state index in [9.17, 15) is 4.79 Å². The number of ether oxygens (including phenoxy) is 1. The molecule has 2 aromatic carbocycles. The number of carbonyl (C=O) groups is 1. The third-order valence-electron chi connectivity index (χ3n) is 4.42. The van der Waals surface area contributed by atoms with E-state index >= 15 is 0 Å². The van der Waals surface area contributed by atoms with Gasteiger partial charge in [0.05, 0.1) is 6.61 Å². The molecule has 0 spiro atoms. The van der Waals surface area contributed by atoms with E-state index in [1.165, 1.54) is 16.3 Å². The lowest BCUT2D eigenvalue weighted by Crippen LogP contribution is -2.06. The summed E-state index contributed by atoms with van der Waals surface area (Å²) in [6, 6.07) is 17.3. The molecule has 0 radical (unpaired) electrons. The highest BCUT2D eigenvalue weighted by molar-refractivity contribution is 7.98. The van der Waals surface area contributed by atoms with E-state index in [0.29, 0.717) is 37.7 Å². The molecule has 4 rings (SSSR count). The first-order valence-corrected chi connectivity index (χ1v) is 11.0. The van der Waals surface area contributed by atoms with Crippen molar-refractivity contribution in [3.05, 3.63) is 82.1 Å². The minimum absolute atomic E-state index is 0.254. The number of benzene rings is 2. The van der Waals surface area contributed by atoms with Crippen LogP contribution in [-0.4, -0.2) is 27.2 Å². The number of thioether (sulfide) groups is 1. The molecule has 0 bridgehead atoms. The Morgan fingerprint density at radius 1 is 1.07 bits per heavy atom. The van der Waals surface area contributed by atoms with Crippen LogP contribution in [0.25, 0.3) is 16.8 Å². The standard InChI is InChI=1S/C22H17Cl2N3O2S/c1-2-29-22(28)18-20-25-12-16(15-10-6-7-11-17(15)23)19(24)27(20)26-21(18)30-13-14-8-4-3-5-9-14/h3-12H,2,13H2,1H3. The third-order valence-corrected chi connectivity index (χ3v) is 6.15. The van der Waals surface area contributed by atoms with Crippen LogP contribution in [0.5, 0.6) is 0 Å². The Morgan fingerprint density at radius 2 is 1.80 bits per heavy atom. The molecule has 152 valence electrons. The molecule has 0 saturated heterocycles. The van der Waals surface area contributed by atoms with Crippen molar-refractivity contribution >= 4 is 46.6 Å². The van der Waals surface area contributed by atoms with Gasteiger partial charge in [0.2, 0.25) is 0 Å². The molecule has 8 heteroatoms. The second-order valence-corrected chi connectivity index (χ2v) is 8.08. The lowest BCUT2D eigenvalue weighted by atomic mass is 10.1. The van der Waals surface area contributed by atoms with Crippen molar-refractivity contribution in [1.29, 1.82) is 0 Å². The maximum atomic E-state index is 12.7. The molecule has 0 amide bonds. The van der Waals surface area contributed by atoms with Crippen LogP contribution in [0, 0.1) is 0 Å². The van der Waals surface area contributed by atoms with Crippen LogP contribution in [0.3, 0.4) is 0 Å². The normalized spacial score (nSPS) is 11.0. The lowest BCUT2D eigenvalue weighted by molar-refractivity contribution is 0.0524. The molecule has 5 nitrogen and oxygen atoms in total. The highest BCUT2D eigenvalue weighted by Crippen LogP contribution is 2.35. The summed E-state index contributed by atoms with van der Waals surface area (Å²) in [5.41, 5.74) is 3.15. The fourth-order valence-corrected chi connectivity index (χ4v) is 4.47. The number of nitrogens with zero attached hydrogens (tertiary/aromatic N) is 3. The molecule has 30 heavy (non-hydrogen) atoms. The van der Waals surface area contributed by atoms with E-state index in [1.54, 1.807) is 19.2 Å². The first-order chi connectivity index (χ1) is 14.6. The Kier molecular flexibility index (Phi) is 6.27. The van der Waals surface area contributed by atoms with Crippen LogP contribution in [0.4, 0.5) is 0 Å². The van der Waals surface area contributed by atoms with Gasteiger partial charge in [-0.3, -0.25) is 0 Å². The van der Waals surface area contributed by atoms with E-state index in [0.717, 1.165) is 11.1 Å². The maximum absolute atomic E-state index is 12.7. The average molecular weight is 458 g/mol. The van der Waals surface area contributed by atoms with Crippen molar-refractivity contribution in [1.82, 2.24) is 14.6 Å². The molecule has 4 aromatic rings. The minimum Gasteiger partial charge on any atom is -0.462 e. The quantitative estimate of drug-likeness (QED) is 0.196. The molecule has 0 aliphatic rings. The number of fused-ring (bicyclic) bond motifs is 1. The molecule has 0 aliphatic carbocycles. The molecule has 0 atom stereocenters. The molecule has 0 fully saturated rings. The molecular weight excluding hydrogens is 441 g/mol.